The molecule has 3 aromatic rings. The Bertz CT molecular complexity index is 766. The molecule has 0 saturated heterocycles. The summed E-state index contributed by atoms with van der Waals surface area (Å²) < 4.78 is 13.4. The molecule has 0 atom stereocenters. The maximum atomic E-state index is 13.4. The number of nitrogens with one attached hydrogen (secondary N) is 1. The molecular weight excluding hydrogens is 255 g/mol. The van der Waals surface area contributed by atoms with E-state index in [2.05, 4.69) is 15.3 Å². The molecule has 20 heavy (non-hydrogen) atoms. The molecule has 1 aromatic heterocycles. The third-order valence-corrected chi connectivity index (χ3v) is 2.97. The fraction of sp³-hybridized carbons (Fsp3) is 0.0667. The maximum Gasteiger partial charge on any atom is 0.141 e. The lowest BCUT2D eigenvalue weighted by atomic mass is 10.2. The van der Waals surface area contributed by atoms with Gasteiger partial charge in [0.1, 0.15) is 18.0 Å². The van der Waals surface area contributed by atoms with Gasteiger partial charge in [-0.05, 0) is 48.9 Å². The third kappa shape index (κ3) is 2.38. The van der Waals surface area contributed by atoms with Crippen LogP contribution in [0.2, 0.25) is 0 Å². The van der Waals surface area contributed by atoms with Gasteiger partial charge in [-0.3, -0.25) is 0 Å². The lowest BCUT2D eigenvalue weighted by Crippen LogP contribution is -1.97. The largest absolute Gasteiger partial charge is 0.399 e. The maximum absolute atomic E-state index is 13.4. The first-order valence-electron chi connectivity index (χ1n) is 6.16. The summed E-state index contributed by atoms with van der Waals surface area (Å²) in [5.74, 6) is 0.343. The second kappa shape index (κ2) is 4.77. The molecular formula is C15H13FN4. The molecule has 0 aliphatic heterocycles. The van der Waals surface area contributed by atoms with Crippen molar-refractivity contribution in [3.05, 3.63) is 54.1 Å². The Morgan fingerprint density at radius 1 is 1.10 bits per heavy atom. The number of benzene rings is 2. The number of aryl methyl sites for hydroxylation is 1. The van der Waals surface area contributed by atoms with Gasteiger partial charge in [-0.15, -0.1) is 0 Å². The smallest absolute Gasteiger partial charge is 0.141 e. The van der Waals surface area contributed by atoms with E-state index in [-0.39, 0.29) is 5.82 Å². The van der Waals surface area contributed by atoms with Gasteiger partial charge in [0.2, 0.25) is 0 Å². The highest BCUT2D eigenvalue weighted by Gasteiger charge is 2.05. The van der Waals surface area contributed by atoms with E-state index in [9.17, 15) is 4.39 Å². The average Bonchev–Trinajstić information content (AvgIpc) is 2.37. The van der Waals surface area contributed by atoms with Crippen molar-refractivity contribution in [3.63, 3.8) is 0 Å². The van der Waals surface area contributed by atoms with Crippen LogP contribution in [0.5, 0.6) is 0 Å². The standard InChI is InChI=1S/C15H13FN4/c1-9-4-10(16)6-12(5-9)20-15-13-3-2-11(17)7-14(13)18-8-19-15/h2-8H,17H2,1H3,(H,18,19,20). The van der Waals surface area contributed by atoms with E-state index < -0.39 is 0 Å². The van der Waals surface area contributed by atoms with Gasteiger partial charge >= 0.3 is 0 Å². The minimum Gasteiger partial charge on any atom is -0.399 e. The molecule has 4 nitrogen and oxygen atoms in total. The predicted octanol–water partition coefficient (Wildman–Crippen LogP) is 3.40. The summed E-state index contributed by atoms with van der Waals surface area (Å²) in [6.07, 6.45) is 1.45. The number of hydrogen-bond acceptors (Lipinski definition) is 4. The number of fused-ring (bicyclic) bond motifs is 1. The fourth-order valence-corrected chi connectivity index (χ4v) is 2.12. The van der Waals surface area contributed by atoms with Crippen molar-refractivity contribution in [3.8, 4) is 0 Å². The van der Waals surface area contributed by atoms with E-state index >= 15 is 0 Å². The predicted molar refractivity (Wildman–Crippen MR) is 78.4 cm³/mol. The van der Waals surface area contributed by atoms with Crippen LogP contribution in [-0.2, 0) is 0 Å². The summed E-state index contributed by atoms with van der Waals surface area (Å²) in [5, 5.41) is 3.95. The fourth-order valence-electron chi connectivity index (χ4n) is 2.12. The van der Waals surface area contributed by atoms with E-state index in [4.69, 9.17) is 5.73 Å². The Morgan fingerprint density at radius 3 is 2.75 bits per heavy atom. The van der Waals surface area contributed by atoms with Crippen molar-refractivity contribution in [1.82, 2.24) is 9.97 Å². The monoisotopic (exact) mass is 268 g/mol. The Kier molecular flexibility index (Phi) is 2.95. The summed E-state index contributed by atoms with van der Waals surface area (Å²) in [6, 6.07) is 10.2. The lowest BCUT2D eigenvalue weighted by Gasteiger charge is -2.09. The second-order valence-corrected chi connectivity index (χ2v) is 4.64. The molecule has 0 aliphatic carbocycles. The summed E-state index contributed by atoms with van der Waals surface area (Å²) in [7, 11) is 0. The van der Waals surface area contributed by atoms with Crippen molar-refractivity contribution in [2.45, 2.75) is 6.92 Å². The third-order valence-electron chi connectivity index (χ3n) is 2.97. The number of halogens is 1. The SMILES string of the molecule is Cc1cc(F)cc(Nc2ncnc3cc(N)ccc23)c1. The van der Waals surface area contributed by atoms with E-state index in [1.54, 1.807) is 12.1 Å². The first kappa shape index (κ1) is 12.3. The van der Waals surface area contributed by atoms with E-state index in [1.165, 1.54) is 18.5 Å². The zero-order valence-corrected chi connectivity index (χ0v) is 10.9. The molecule has 3 rings (SSSR count). The zero-order chi connectivity index (χ0) is 14.1. The molecule has 0 saturated carbocycles. The van der Waals surface area contributed by atoms with Crippen LogP contribution in [0, 0.1) is 12.7 Å². The van der Waals surface area contributed by atoms with Crippen LogP contribution in [0.1, 0.15) is 5.56 Å². The van der Waals surface area contributed by atoms with Crippen molar-refractivity contribution in [1.29, 1.82) is 0 Å². The zero-order valence-electron chi connectivity index (χ0n) is 10.9. The van der Waals surface area contributed by atoms with E-state index in [0.717, 1.165) is 16.5 Å². The number of rotatable bonds is 2. The molecule has 0 radical (unpaired) electrons. The molecule has 0 unspecified atom stereocenters. The number of hydrogen-bond donors (Lipinski definition) is 2. The van der Waals surface area contributed by atoms with E-state index in [1.807, 2.05) is 19.1 Å². The molecule has 0 aliphatic rings. The molecule has 0 bridgehead atoms. The lowest BCUT2D eigenvalue weighted by molar-refractivity contribution is 0.627. The highest BCUT2D eigenvalue weighted by Crippen LogP contribution is 2.25. The van der Waals surface area contributed by atoms with Crippen LogP contribution < -0.4 is 11.1 Å². The number of aromatic nitrogens is 2. The molecule has 0 spiro atoms. The van der Waals surface area contributed by atoms with Crippen LogP contribution >= 0.6 is 0 Å². The van der Waals surface area contributed by atoms with Crippen LogP contribution in [0.15, 0.2) is 42.7 Å². The summed E-state index contributed by atoms with van der Waals surface area (Å²) in [6.45, 7) is 1.84. The molecule has 0 fully saturated rings. The van der Waals surface area contributed by atoms with Crippen LogP contribution in [0.4, 0.5) is 21.6 Å². The number of nitrogens with zero attached hydrogens (tertiary/aromatic N) is 2. The molecule has 1 heterocycles. The second-order valence-electron chi connectivity index (χ2n) is 4.64. The van der Waals surface area contributed by atoms with Gasteiger partial charge in [-0.1, -0.05) is 0 Å². The van der Waals surface area contributed by atoms with Crippen molar-refractivity contribution in [2.75, 3.05) is 11.1 Å². The van der Waals surface area contributed by atoms with Gasteiger partial charge in [-0.25, -0.2) is 14.4 Å². The average molecular weight is 268 g/mol. The number of nitrogen functional groups attached to an aromatic ring is 1. The number of anilines is 3. The molecule has 3 N–H and O–H groups in total. The van der Waals surface area contributed by atoms with Crippen LogP contribution in [0.3, 0.4) is 0 Å². The van der Waals surface area contributed by atoms with Gasteiger partial charge in [-0.2, -0.15) is 0 Å². The van der Waals surface area contributed by atoms with Gasteiger partial charge in [0.25, 0.3) is 0 Å². The van der Waals surface area contributed by atoms with Crippen LogP contribution in [-0.4, -0.2) is 9.97 Å². The van der Waals surface area contributed by atoms with Crippen LogP contribution in [0.25, 0.3) is 10.9 Å². The quantitative estimate of drug-likeness (QED) is 0.699. The first-order valence-corrected chi connectivity index (χ1v) is 6.16. The molecule has 0 amide bonds. The highest BCUT2D eigenvalue weighted by atomic mass is 19.1. The van der Waals surface area contributed by atoms with Crippen molar-refractivity contribution in [2.24, 2.45) is 0 Å². The normalized spacial score (nSPS) is 10.7. The minimum atomic E-state index is -0.282. The van der Waals surface area contributed by atoms with Gasteiger partial charge in [0, 0.05) is 16.8 Å². The summed E-state index contributed by atoms with van der Waals surface area (Å²) in [4.78, 5) is 8.38. The summed E-state index contributed by atoms with van der Waals surface area (Å²) in [5.41, 5.74) is 8.62. The Hall–Kier alpha value is -2.69. The molecule has 2 aromatic carbocycles. The Balaban J connectivity index is 2.06. The first-order chi connectivity index (χ1) is 9.61. The van der Waals surface area contributed by atoms with Crippen molar-refractivity contribution < 1.29 is 4.39 Å². The van der Waals surface area contributed by atoms with E-state index in [0.29, 0.717) is 17.2 Å². The minimum absolute atomic E-state index is 0.282. The topological polar surface area (TPSA) is 63.8 Å². The summed E-state index contributed by atoms with van der Waals surface area (Å²) >= 11 is 0. The van der Waals surface area contributed by atoms with Gasteiger partial charge < -0.3 is 11.1 Å². The highest BCUT2D eigenvalue weighted by molar-refractivity contribution is 5.92. The molecule has 5 heteroatoms. The Morgan fingerprint density at radius 2 is 1.95 bits per heavy atom. The van der Waals surface area contributed by atoms with Gasteiger partial charge in [0.05, 0.1) is 5.52 Å². The van der Waals surface area contributed by atoms with Gasteiger partial charge in [0.15, 0.2) is 0 Å². The number of nitrogens with two attached hydrogens (primary N) is 1. The molecule has 100 valence electrons. The Labute approximate surface area is 115 Å². The van der Waals surface area contributed by atoms with Crippen molar-refractivity contribution >= 4 is 28.1 Å².